The molecule has 0 heterocycles. The van der Waals surface area contributed by atoms with Crippen LogP contribution in [0.25, 0.3) is 0 Å². The average Bonchev–Trinajstić information content (AvgIpc) is 2.34. The van der Waals surface area contributed by atoms with Gasteiger partial charge in [-0.1, -0.05) is 25.5 Å². The lowest BCUT2D eigenvalue weighted by Crippen LogP contribution is -2.30. The molecule has 0 saturated heterocycles. The first kappa shape index (κ1) is 14.9. The maximum atomic E-state index is 14.0. The van der Waals surface area contributed by atoms with E-state index in [-0.39, 0.29) is 12.4 Å². The van der Waals surface area contributed by atoms with Crippen molar-refractivity contribution in [3.05, 3.63) is 29.6 Å². The van der Waals surface area contributed by atoms with Crippen molar-refractivity contribution in [3.8, 4) is 0 Å². The zero-order valence-corrected chi connectivity index (χ0v) is 11.1. The molecule has 2 N–H and O–H groups in total. The van der Waals surface area contributed by atoms with Crippen LogP contribution >= 0.6 is 0 Å². The van der Waals surface area contributed by atoms with E-state index in [4.69, 9.17) is 5.11 Å². The van der Waals surface area contributed by atoms with Gasteiger partial charge in [0.2, 0.25) is 0 Å². The first-order valence-electron chi connectivity index (χ1n) is 6.44. The average molecular weight is 255 g/mol. The van der Waals surface area contributed by atoms with Gasteiger partial charge in [-0.2, -0.15) is 0 Å². The summed E-state index contributed by atoms with van der Waals surface area (Å²) in [5.41, 5.74) is 0.981. The fraction of sp³-hybridized carbons (Fsp3) is 0.571. The fourth-order valence-corrected chi connectivity index (χ4v) is 2.01. The first-order valence-corrected chi connectivity index (χ1v) is 6.44. The lowest BCUT2D eigenvalue weighted by atomic mass is 10.1. The number of unbranched alkanes of at least 4 members (excludes halogenated alkanes) is 1. The molecule has 0 amide bonds. The second kappa shape index (κ2) is 7.34. The van der Waals surface area contributed by atoms with Crippen molar-refractivity contribution in [2.75, 3.05) is 24.6 Å². The third kappa shape index (κ3) is 3.68. The minimum atomic E-state index is -0.724. The zero-order chi connectivity index (χ0) is 13.5. The molecule has 0 saturated carbocycles. The lowest BCUT2D eigenvalue weighted by Gasteiger charge is -2.27. The van der Waals surface area contributed by atoms with Gasteiger partial charge in [0.15, 0.2) is 0 Å². The number of halogens is 1. The molecule has 1 aromatic rings. The van der Waals surface area contributed by atoms with Gasteiger partial charge in [0.25, 0.3) is 0 Å². The molecule has 0 aromatic heterocycles. The van der Waals surface area contributed by atoms with Crippen LogP contribution in [-0.4, -0.2) is 29.9 Å². The summed E-state index contributed by atoms with van der Waals surface area (Å²) in [5.74, 6) is -0.349. The third-order valence-electron chi connectivity index (χ3n) is 2.94. The van der Waals surface area contributed by atoms with Crippen molar-refractivity contribution >= 4 is 5.69 Å². The number of aliphatic hydroxyl groups excluding tert-OH is 2. The standard InChI is InChI=1S/C14H22FNO2/c1-3-4-8-16(9-10-17)14-12(11(2)18)6-5-7-13(14)15/h5-7,11,17-18H,3-4,8-10H2,1-2H3. The Morgan fingerprint density at radius 2 is 2.06 bits per heavy atom. The van der Waals surface area contributed by atoms with Gasteiger partial charge in [0.05, 0.1) is 18.4 Å². The van der Waals surface area contributed by atoms with Crippen LogP contribution in [0.1, 0.15) is 38.4 Å². The van der Waals surface area contributed by atoms with Gasteiger partial charge in [-0.15, -0.1) is 0 Å². The predicted octanol–water partition coefficient (Wildman–Crippen LogP) is 2.48. The van der Waals surface area contributed by atoms with E-state index in [0.717, 1.165) is 12.8 Å². The Balaban J connectivity index is 3.08. The molecule has 0 aliphatic carbocycles. The van der Waals surface area contributed by atoms with Crippen LogP contribution in [0.5, 0.6) is 0 Å². The number of hydrogen-bond donors (Lipinski definition) is 2. The molecule has 1 rings (SSSR count). The van der Waals surface area contributed by atoms with Gasteiger partial charge in [-0.05, 0) is 19.4 Å². The molecule has 0 radical (unpaired) electrons. The number of anilines is 1. The van der Waals surface area contributed by atoms with E-state index in [1.165, 1.54) is 6.07 Å². The number of nitrogens with zero attached hydrogens (tertiary/aromatic N) is 1. The van der Waals surface area contributed by atoms with Crippen LogP contribution < -0.4 is 4.90 Å². The Morgan fingerprint density at radius 3 is 2.61 bits per heavy atom. The van der Waals surface area contributed by atoms with Crippen molar-refractivity contribution in [2.24, 2.45) is 0 Å². The molecule has 1 unspecified atom stereocenters. The van der Waals surface area contributed by atoms with Crippen LogP contribution in [-0.2, 0) is 0 Å². The highest BCUT2D eigenvalue weighted by atomic mass is 19.1. The Labute approximate surface area is 108 Å². The van der Waals surface area contributed by atoms with Gasteiger partial charge in [-0.3, -0.25) is 0 Å². The highest BCUT2D eigenvalue weighted by Gasteiger charge is 2.18. The Morgan fingerprint density at radius 1 is 1.33 bits per heavy atom. The summed E-state index contributed by atoms with van der Waals surface area (Å²) in [7, 11) is 0. The van der Waals surface area contributed by atoms with Crippen LogP contribution in [0, 0.1) is 5.82 Å². The minimum absolute atomic E-state index is 0.0305. The Bertz CT molecular complexity index is 369. The first-order chi connectivity index (χ1) is 8.61. The summed E-state index contributed by atoms with van der Waals surface area (Å²) in [6.45, 7) is 4.71. The van der Waals surface area contributed by atoms with Crippen molar-refractivity contribution in [3.63, 3.8) is 0 Å². The highest BCUT2D eigenvalue weighted by molar-refractivity contribution is 5.55. The lowest BCUT2D eigenvalue weighted by molar-refractivity contribution is 0.199. The molecule has 3 nitrogen and oxygen atoms in total. The van der Waals surface area contributed by atoms with E-state index >= 15 is 0 Å². The van der Waals surface area contributed by atoms with Crippen molar-refractivity contribution in [1.29, 1.82) is 0 Å². The van der Waals surface area contributed by atoms with Gasteiger partial charge >= 0.3 is 0 Å². The van der Waals surface area contributed by atoms with Gasteiger partial charge in [-0.25, -0.2) is 4.39 Å². The summed E-state index contributed by atoms with van der Waals surface area (Å²) >= 11 is 0. The van der Waals surface area contributed by atoms with E-state index in [2.05, 4.69) is 6.92 Å². The Hall–Kier alpha value is -1.13. The Kier molecular flexibility index (Phi) is 6.09. The second-order valence-corrected chi connectivity index (χ2v) is 4.42. The van der Waals surface area contributed by atoms with E-state index in [1.54, 1.807) is 24.0 Å². The number of aliphatic hydroxyl groups is 2. The summed E-state index contributed by atoms with van der Waals surface area (Å²) in [6.07, 6.45) is 1.20. The topological polar surface area (TPSA) is 43.7 Å². The number of hydrogen-bond acceptors (Lipinski definition) is 3. The molecule has 4 heteroatoms. The molecule has 0 bridgehead atoms. The molecular formula is C14H22FNO2. The summed E-state index contributed by atoms with van der Waals surface area (Å²) in [6, 6.07) is 4.70. The summed E-state index contributed by atoms with van der Waals surface area (Å²) in [5, 5.41) is 18.8. The van der Waals surface area contributed by atoms with Crippen LogP contribution in [0.4, 0.5) is 10.1 Å². The molecule has 0 aliphatic heterocycles. The molecule has 102 valence electrons. The predicted molar refractivity (Wildman–Crippen MR) is 71.2 cm³/mol. The second-order valence-electron chi connectivity index (χ2n) is 4.42. The third-order valence-corrected chi connectivity index (χ3v) is 2.94. The molecule has 0 aliphatic rings. The largest absolute Gasteiger partial charge is 0.395 e. The molecule has 18 heavy (non-hydrogen) atoms. The molecule has 1 aromatic carbocycles. The van der Waals surface area contributed by atoms with Crippen LogP contribution in [0.2, 0.25) is 0 Å². The monoisotopic (exact) mass is 255 g/mol. The SMILES string of the molecule is CCCCN(CCO)c1c(F)cccc1C(C)O. The minimum Gasteiger partial charge on any atom is -0.395 e. The smallest absolute Gasteiger partial charge is 0.146 e. The van der Waals surface area contributed by atoms with E-state index < -0.39 is 6.10 Å². The molecular weight excluding hydrogens is 233 g/mol. The van der Waals surface area contributed by atoms with Crippen molar-refractivity contribution in [1.82, 2.24) is 0 Å². The van der Waals surface area contributed by atoms with E-state index in [9.17, 15) is 9.50 Å². The van der Waals surface area contributed by atoms with Gasteiger partial charge in [0.1, 0.15) is 5.82 Å². The maximum Gasteiger partial charge on any atom is 0.146 e. The normalized spacial score (nSPS) is 12.5. The van der Waals surface area contributed by atoms with E-state index in [0.29, 0.717) is 24.3 Å². The van der Waals surface area contributed by atoms with E-state index in [1.807, 2.05) is 0 Å². The van der Waals surface area contributed by atoms with Crippen LogP contribution in [0.15, 0.2) is 18.2 Å². The van der Waals surface area contributed by atoms with Crippen LogP contribution in [0.3, 0.4) is 0 Å². The quantitative estimate of drug-likeness (QED) is 0.786. The highest BCUT2D eigenvalue weighted by Crippen LogP contribution is 2.29. The maximum absolute atomic E-state index is 14.0. The summed E-state index contributed by atoms with van der Waals surface area (Å²) in [4.78, 5) is 1.81. The van der Waals surface area contributed by atoms with Gasteiger partial charge in [0, 0.05) is 18.7 Å². The number of rotatable bonds is 7. The number of para-hydroxylation sites is 1. The fourth-order valence-electron chi connectivity index (χ4n) is 2.01. The zero-order valence-electron chi connectivity index (χ0n) is 11.1. The molecule has 0 fully saturated rings. The molecule has 0 spiro atoms. The van der Waals surface area contributed by atoms with Crippen molar-refractivity contribution in [2.45, 2.75) is 32.8 Å². The molecule has 1 atom stereocenters. The number of benzene rings is 1. The summed E-state index contributed by atoms with van der Waals surface area (Å²) < 4.78 is 14.0. The van der Waals surface area contributed by atoms with Crippen molar-refractivity contribution < 1.29 is 14.6 Å². The van der Waals surface area contributed by atoms with Gasteiger partial charge < -0.3 is 15.1 Å².